The van der Waals surface area contributed by atoms with Gasteiger partial charge in [-0.2, -0.15) is 0 Å². The van der Waals surface area contributed by atoms with Crippen molar-refractivity contribution in [3.63, 3.8) is 0 Å². The van der Waals surface area contributed by atoms with Crippen LogP contribution in [0.2, 0.25) is 0 Å². The number of nitrogens with one attached hydrogen (secondary N) is 1. The molecule has 1 atom stereocenters. The number of hydrogen-bond acceptors (Lipinski definition) is 2. The Morgan fingerprint density at radius 1 is 1.24 bits per heavy atom. The van der Waals surface area contributed by atoms with E-state index >= 15 is 0 Å². The number of benzene rings is 2. The molecular weight excluding hydrogens is 293 g/mol. The van der Waals surface area contributed by atoms with Gasteiger partial charge < -0.3 is 10.1 Å². The lowest BCUT2D eigenvalue weighted by molar-refractivity contribution is 0.0933. The molecule has 2 aromatic carbocycles. The zero-order chi connectivity index (χ0) is 15.2. The largest absolute Gasteiger partial charge is 0.496 e. The van der Waals surface area contributed by atoms with E-state index < -0.39 is 17.8 Å². The summed E-state index contributed by atoms with van der Waals surface area (Å²) in [6.45, 7) is 0. The van der Waals surface area contributed by atoms with Crippen LogP contribution in [-0.2, 0) is 0 Å². The maximum absolute atomic E-state index is 13.9. The van der Waals surface area contributed by atoms with Crippen LogP contribution in [0, 0.1) is 5.82 Å². The highest BCUT2D eigenvalue weighted by molar-refractivity contribution is 6.18. The Kier molecular flexibility index (Phi) is 5.17. The molecule has 0 saturated carbocycles. The molecular formula is C16H15ClFNO2. The summed E-state index contributed by atoms with van der Waals surface area (Å²) in [6.07, 6.45) is 0. The molecule has 0 aliphatic rings. The van der Waals surface area contributed by atoms with Gasteiger partial charge in [-0.3, -0.25) is 4.79 Å². The van der Waals surface area contributed by atoms with Crippen LogP contribution in [0.15, 0.2) is 48.5 Å². The third-order valence-electron chi connectivity index (χ3n) is 3.08. The quantitative estimate of drug-likeness (QED) is 0.858. The first-order chi connectivity index (χ1) is 10.2. The molecule has 0 saturated heterocycles. The fourth-order valence-electron chi connectivity index (χ4n) is 2.02. The molecule has 0 aromatic heterocycles. The van der Waals surface area contributed by atoms with Gasteiger partial charge in [-0.25, -0.2) is 4.39 Å². The van der Waals surface area contributed by atoms with Crippen LogP contribution < -0.4 is 10.1 Å². The van der Waals surface area contributed by atoms with Crippen LogP contribution >= 0.6 is 11.6 Å². The topological polar surface area (TPSA) is 38.3 Å². The van der Waals surface area contributed by atoms with Gasteiger partial charge in [0.15, 0.2) is 0 Å². The Morgan fingerprint density at radius 3 is 2.57 bits per heavy atom. The van der Waals surface area contributed by atoms with Crippen molar-refractivity contribution >= 4 is 17.5 Å². The number of carbonyl (C=O) groups excluding carboxylic acids is 1. The van der Waals surface area contributed by atoms with Gasteiger partial charge in [0, 0.05) is 5.88 Å². The number of alkyl halides is 1. The van der Waals surface area contributed by atoms with Crippen LogP contribution in [0.3, 0.4) is 0 Å². The number of carbonyl (C=O) groups is 1. The highest BCUT2D eigenvalue weighted by Gasteiger charge is 2.21. The summed E-state index contributed by atoms with van der Waals surface area (Å²) in [5.74, 6) is -0.812. The molecule has 2 aromatic rings. The standard InChI is InChI=1S/C16H15ClFNO2/c1-21-14-9-5-8-12(18)15(14)16(20)19-13(10-17)11-6-3-2-4-7-11/h2-9,13H,10H2,1H3,(H,19,20). The van der Waals surface area contributed by atoms with Gasteiger partial charge in [-0.15, -0.1) is 11.6 Å². The summed E-state index contributed by atoms with van der Waals surface area (Å²) in [5.41, 5.74) is 0.738. The molecule has 0 radical (unpaired) electrons. The minimum Gasteiger partial charge on any atom is -0.496 e. The van der Waals surface area contributed by atoms with E-state index in [1.54, 1.807) is 0 Å². The lowest BCUT2D eigenvalue weighted by Gasteiger charge is -2.17. The van der Waals surface area contributed by atoms with Gasteiger partial charge in [-0.05, 0) is 17.7 Å². The van der Waals surface area contributed by atoms with Crippen molar-refractivity contribution in [2.45, 2.75) is 6.04 Å². The minimum absolute atomic E-state index is 0.119. The molecule has 1 unspecified atom stereocenters. The smallest absolute Gasteiger partial charge is 0.258 e. The number of ether oxygens (including phenoxy) is 1. The second kappa shape index (κ2) is 7.09. The lowest BCUT2D eigenvalue weighted by atomic mass is 10.1. The first kappa shape index (κ1) is 15.3. The summed E-state index contributed by atoms with van der Waals surface area (Å²) >= 11 is 5.91. The zero-order valence-corrected chi connectivity index (χ0v) is 12.2. The van der Waals surface area contributed by atoms with Gasteiger partial charge in [0.2, 0.25) is 0 Å². The first-order valence-corrected chi connectivity index (χ1v) is 6.95. The Morgan fingerprint density at radius 2 is 1.95 bits per heavy atom. The Hall–Kier alpha value is -2.07. The summed E-state index contributed by atoms with van der Waals surface area (Å²) in [4.78, 5) is 12.3. The average Bonchev–Trinajstić information content (AvgIpc) is 2.52. The highest BCUT2D eigenvalue weighted by Crippen LogP contribution is 2.23. The molecule has 1 N–H and O–H groups in total. The molecule has 0 heterocycles. The fraction of sp³-hybridized carbons (Fsp3) is 0.188. The molecule has 5 heteroatoms. The van der Waals surface area contributed by atoms with E-state index in [-0.39, 0.29) is 17.2 Å². The third kappa shape index (κ3) is 3.52. The lowest BCUT2D eigenvalue weighted by Crippen LogP contribution is -2.30. The second-order valence-corrected chi connectivity index (χ2v) is 4.72. The molecule has 110 valence electrons. The van der Waals surface area contributed by atoms with Gasteiger partial charge >= 0.3 is 0 Å². The van der Waals surface area contributed by atoms with Crippen LogP contribution in [-0.4, -0.2) is 18.9 Å². The van der Waals surface area contributed by atoms with Crippen molar-refractivity contribution in [3.8, 4) is 5.75 Å². The zero-order valence-electron chi connectivity index (χ0n) is 11.5. The summed E-state index contributed by atoms with van der Waals surface area (Å²) in [5, 5.41) is 2.72. The molecule has 1 amide bonds. The van der Waals surface area contributed by atoms with Crippen molar-refractivity contribution in [3.05, 3.63) is 65.5 Å². The average molecular weight is 308 g/mol. The summed E-state index contributed by atoms with van der Waals surface area (Å²) in [6, 6.07) is 13.1. The Balaban J connectivity index is 2.25. The van der Waals surface area contributed by atoms with E-state index in [2.05, 4.69) is 5.32 Å². The van der Waals surface area contributed by atoms with Crippen LogP contribution in [0.5, 0.6) is 5.75 Å². The first-order valence-electron chi connectivity index (χ1n) is 6.41. The molecule has 0 aliphatic carbocycles. The predicted molar refractivity (Wildman–Crippen MR) is 80.3 cm³/mol. The van der Waals surface area contributed by atoms with E-state index in [1.807, 2.05) is 30.3 Å². The fourth-order valence-corrected chi connectivity index (χ4v) is 2.28. The molecule has 0 aliphatic heterocycles. The molecule has 21 heavy (non-hydrogen) atoms. The van der Waals surface area contributed by atoms with Gasteiger partial charge in [-0.1, -0.05) is 36.4 Å². The van der Waals surface area contributed by atoms with Crippen molar-refractivity contribution in [2.24, 2.45) is 0 Å². The Labute approximate surface area is 127 Å². The summed E-state index contributed by atoms with van der Waals surface area (Å²) < 4.78 is 18.9. The Bertz CT molecular complexity index is 619. The molecule has 3 nitrogen and oxygen atoms in total. The van der Waals surface area contributed by atoms with Crippen molar-refractivity contribution in [2.75, 3.05) is 13.0 Å². The SMILES string of the molecule is COc1cccc(F)c1C(=O)NC(CCl)c1ccccc1. The second-order valence-electron chi connectivity index (χ2n) is 4.41. The number of hydrogen-bond donors (Lipinski definition) is 1. The van der Waals surface area contributed by atoms with Crippen LogP contribution in [0.4, 0.5) is 4.39 Å². The number of methoxy groups -OCH3 is 1. The third-order valence-corrected chi connectivity index (χ3v) is 3.39. The van der Waals surface area contributed by atoms with E-state index in [4.69, 9.17) is 16.3 Å². The number of halogens is 2. The maximum atomic E-state index is 13.9. The van der Waals surface area contributed by atoms with E-state index in [9.17, 15) is 9.18 Å². The highest BCUT2D eigenvalue weighted by atomic mass is 35.5. The molecule has 0 spiro atoms. The molecule has 0 fully saturated rings. The van der Waals surface area contributed by atoms with Gasteiger partial charge in [0.05, 0.1) is 13.2 Å². The van der Waals surface area contributed by atoms with E-state index in [0.717, 1.165) is 5.56 Å². The normalized spacial score (nSPS) is 11.8. The summed E-state index contributed by atoms with van der Waals surface area (Å²) in [7, 11) is 1.39. The monoisotopic (exact) mass is 307 g/mol. The van der Waals surface area contributed by atoms with Gasteiger partial charge in [0.25, 0.3) is 5.91 Å². The van der Waals surface area contributed by atoms with Crippen molar-refractivity contribution in [1.29, 1.82) is 0 Å². The number of amides is 1. The maximum Gasteiger partial charge on any atom is 0.258 e. The van der Waals surface area contributed by atoms with Crippen molar-refractivity contribution in [1.82, 2.24) is 5.32 Å². The van der Waals surface area contributed by atoms with Crippen molar-refractivity contribution < 1.29 is 13.9 Å². The van der Waals surface area contributed by atoms with E-state index in [0.29, 0.717) is 0 Å². The van der Waals surface area contributed by atoms with Gasteiger partial charge in [0.1, 0.15) is 17.1 Å². The number of rotatable bonds is 5. The molecule has 0 bridgehead atoms. The van der Waals surface area contributed by atoms with E-state index in [1.165, 1.54) is 25.3 Å². The van der Waals surface area contributed by atoms with Crippen LogP contribution in [0.25, 0.3) is 0 Å². The predicted octanol–water partition coefficient (Wildman–Crippen LogP) is 3.54. The molecule has 2 rings (SSSR count). The van der Waals surface area contributed by atoms with Crippen LogP contribution in [0.1, 0.15) is 22.0 Å². The minimum atomic E-state index is -0.631.